The molecule has 2 heterocycles. The molecule has 14 nitrogen and oxygen atoms in total. The lowest BCUT2D eigenvalue weighted by Gasteiger charge is -2.44. The molecule has 29 heavy (non-hydrogen) atoms. The number of hydrogen-bond donors (Lipinski definition) is 6. The average Bonchev–Trinajstić information content (AvgIpc) is 3.21. The molecule has 2 fully saturated rings. The first kappa shape index (κ1) is 23.0. The fraction of sp³-hybridized carbons (Fsp3) is 0.867. The standard InChI is InChI=1S/C15H26N4O10/c1-8(21)16-11-9(22)6-15(14(25)26,28-13(11)12(24)10(23)7-20)29-17-19(27)18-4-2-3-5-18/h9-13,20,22-24H,2-7H2,1H3,(H,16,21)(H,25,26)/b19-17-/t9-,10+,11+,12+,13-,15-/m0/s1. The number of carbonyl (C=O) groups excluding carboxylic acids is 1. The maximum Gasteiger partial charge on any atom is 0.380 e. The zero-order valence-electron chi connectivity index (χ0n) is 15.7. The molecular weight excluding hydrogens is 396 g/mol. The lowest BCUT2D eigenvalue weighted by atomic mass is 9.88. The third-order valence-corrected chi connectivity index (χ3v) is 4.77. The molecule has 0 radical (unpaired) electrons. The summed E-state index contributed by atoms with van der Waals surface area (Å²) in [5.74, 6) is -5.06. The van der Waals surface area contributed by atoms with Crippen molar-refractivity contribution in [1.82, 2.24) is 10.3 Å². The molecule has 166 valence electrons. The predicted molar refractivity (Wildman–Crippen MR) is 90.5 cm³/mol. The molecule has 0 unspecified atom stereocenters. The highest BCUT2D eigenvalue weighted by molar-refractivity contribution is 5.76. The van der Waals surface area contributed by atoms with Crippen molar-refractivity contribution in [3.8, 4) is 0 Å². The Morgan fingerprint density at radius 3 is 2.55 bits per heavy atom. The minimum absolute atomic E-state index is 0.0708. The normalized spacial score (nSPS) is 32.5. The van der Waals surface area contributed by atoms with E-state index in [4.69, 9.17) is 14.7 Å². The van der Waals surface area contributed by atoms with Gasteiger partial charge < -0.3 is 40.8 Å². The number of aliphatic hydroxyl groups is 4. The molecule has 0 saturated carbocycles. The zero-order valence-corrected chi connectivity index (χ0v) is 15.7. The van der Waals surface area contributed by atoms with E-state index in [1.165, 1.54) is 5.01 Å². The third kappa shape index (κ3) is 5.22. The summed E-state index contributed by atoms with van der Waals surface area (Å²) in [5.41, 5.74) is 0. The van der Waals surface area contributed by atoms with E-state index < -0.39 is 61.1 Å². The van der Waals surface area contributed by atoms with E-state index in [0.29, 0.717) is 13.1 Å². The summed E-state index contributed by atoms with van der Waals surface area (Å²) in [7, 11) is 0. The quantitative estimate of drug-likeness (QED) is 0.132. The number of aliphatic hydroxyl groups excluding tert-OH is 4. The molecule has 2 aliphatic heterocycles. The monoisotopic (exact) mass is 422 g/mol. The number of hydrazine groups is 1. The van der Waals surface area contributed by atoms with Crippen LogP contribution in [0.5, 0.6) is 0 Å². The largest absolute Gasteiger partial charge is 0.569 e. The summed E-state index contributed by atoms with van der Waals surface area (Å²) in [4.78, 5) is 28.2. The summed E-state index contributed by atoms with van der Waals surface area (Å²) < 4.78 is 5.32. The topological polar surface area (TPSA) is 207 Å². The van der Waals surface area contributed by atoms with Crippen LogP contribution in [-0.4, -0.2) is 103 Å². The molecular formula is C15H26N4O10. The average molecular weight is 422 g/mol. The summed E-state index contributed by atoms with van der Waals surface area (Å²) in [6.45, 7) is 1.01. The van der Waals surface area contributed by atoms with Gasteiger partial charge in [-0.25, -0.2) is 4.79 Å². The molecule has 0 aromatic heterocycles. The molecule has 2 rings (SSSR count). The van der Waals surface area contributed by atoms with Gasteiger partial charge >= 0.3 is 11.8 Å². The van der Waals surface area contributed by atoms with E-state index in [-0.39, 0.29) is 4.97 Å². The van der Waals surface area contributed by atoms with Gasteiger partial charge in [0, 0.05) is 6.92 Å². The Morgan fingerprint density at radius 2 is 2.03 bits per heavy atom. The molecule has 0 aliphatic carbocycles. The Bertz CT molecular complexity index is 628. The number of aliphatic carboxylic acids is 1. The van der Waals surface area contributed by atoms with Crippen molar-refractivity contribution in [2.24, 2.45) is 5.28 Å². The predicted octanol–water partition coefficient (Wildman–Crippen LogP) is -2.96. The fourth-order valence-corrected chi connectivity index (χ4v) is 3.24. The van der Waals surface area contributed by atoms with Gasteiger partial charge in [0.1, 0.15) is 18.3 Å². The highest BCUT2D eigenvalue weighted by Crippen LogP contribution is 2.33. The van der Waals surface area contributed by atoms with Crippen molar-refractivity contribution >= 4 is 11.9 Å². The third-order valence-electron chi connectivity index (χ3n) is 4.77. The van der Waals surface area contributed by atoms with Crippen LogP contribution in [0.25, 0.3) is 0 Å². The number of amides is 1. The molecule has 14 heteroatoms. The summed E-state index contributed by atoms with van der Waals surface area (Å²) in [6.07, 6.45) is -6.25. The highest BCUT2D eigenvalue weighted by atomic mass is 16.8. The number of nitrogens with one attached hydrogen (secondary N) is 1. The number of carboxylic acid groups (broad SMARTS) is 1. The Balaban J connectivity index is 2.31. The van der Waals surface area contributed by atoms with Crippen LogP contribution < -0.4 is 5.32 Å². The van der Waals surface area contributed by atoms with E-state index in [1.54, 1.807) is 0 Å². The molecule has 0 aromatic carbocycles. The Hall–Kier alpha value is -2.26. The van der Waals surface area contributed by atoms with Gasteiger partial charge in [-0.1, -0.05) is 0 Å². The molecule has 2 aliphatic rings. The van der Waals surface area contributed by atoms with Crippen LogP contribution in [0.4, 0.5) is 0 Å². The minimum atomic E-state index is -2.68. The van der Waals surface area contributed by atoms with Crippen LogP contribution in [0.1, 0.15) is 26.2 Å². The molecule has 2 saturated heterocycles. The van der Waals surface area contributed by atoms with Gasteiger partial charge in [-0.3, -0.25) is 9.63 Å². The second kappa shape index (κ2) is 9.49. The van der Waals surface area contributed by atoms with Crippen LogP contribution in [0.3, 0.4) is 0 Å². The molecule has 1 amide bonds. The van der Waals surface area contributed by atoms with Gasteiger partial charge in [0.05, 0.1) is 43.2 Å². The lowest BCUT2D eigenvalue weighted by Crippen LogP contribution is -2.67. The van der Waals surface area contributed by atoms with Crippen molar-refractivity contribution in [3.63, 3.8) is 0 Å². The first-order valence-electron chi connectivity index (χ1n) is 9.06. The van der Waals surface area contributed by atoms with Gasteiger partial charge in [0.2, 0.25) is 11.2 Å². The van der Waals surface area contributed by atoms with E-state index in [2.05, 4.69) is 10.6 Å². The van der Waals surface area contributed by atoms with Crippen molar-refractivity contribution in [2.75, 3.05) is 19.7 Å². The van der Waals surface area contributed by atoms with Gasteiger partial charge in [0.25, 0.3) is 0 Å². The molecule has 6 N–H and O–H groups in total. The van der Waals surface area contributed by atoms with E-state index in [1.807, 2.05) is 0 Å². The van der Waals surface area contributed by atoms with E-state index in [0.717, 1.165) is 19.8 Å². The fourth-order valence-electron chi connectivity index (χ4n) is 3.24. The zero-order chi connectivity index (χ0) is 21.8. The van der Waals surface area contributed by atoms with Gasteiger partial charge in [-0.15, -0.1) is 5.01 Å². The van der Waals surface area contributed by atoms with Crippen LogP contribution in [0, 0.1) is 5.21 Å². The van der Waals surface area contributed by atoms with Crippen molar-refractivity contribution < 1.29 is 49.7 Å². The van der Waals surface area contributed by atoms with Crippen molar-refractivity contribution in [2.45, 2.75) is 62.4 Å². The molecule has 0 aromatic rings. The van der Waals surface area contributed by atoms with Gasteiger partial charge in [-0.05, 0) is 12.8 Å². The smallest absolute Gasteiger partial charge is 0.380 e. The maximum absolute atomic E-state index is 12.0. The van der Waals surface area contributed by atoms with E-state index >= 15 is 0 Å². The summed E-state index contributed by atoms with van der Waals surface area (Å²) in [5, 5.41) is 67.8. The first-order chi connectivity index (χ1) is 13.6. The number of nitrogens with zero attached hydrogens (tertiary/aromatic N) is 3. The maximum atomic E-state index is 12.0. The van der Waals surface area contributed by atoms with Crippen molar-refractivity contribution in [3.05, 3.63) is 5.21 Å². The lowest BCUT2D eigenvalue weighted by molar-refractivity contribution is -0.711. The Kier molecular flexibility index (Phi) is 7.54. The molecule has 0 spiro atoms. The number of rotatable bonds is 8. The number of hydrogen-bond acceptors (Lipinski definition) is 10. The van der Waals surface area contributed by atoms with Crippen LogP contribution in [0.2, 0.25) is 0 Å². The van der Waals surface area contributed by atoms with Gasteiger partial charge in [0.15, 0.2) is 0 Å². The van der Waals surface area contributed by atoms with Crippen LogP contribution in [-0.2, 0) is 19.2 Å². The Morgan fingerprint density at radius 1 is 1.41 bits per heavy atom. The van der Waals surface area contributed by atoms with Gasteiger partial charge in [-0.2, -0.15) is 0 Å². The number of carboxylic acids is 1. The SMILES string of the molecule is CC(=O)N[C@H]1[C@@H]([C@H](O)[C@H](O)CO)O[C@@](O/N=[N+](\[O-])N2CCCC2)(C(=O)O)C[C@@H]1O. The summed E-state index contributed by atoms with van der Waals surface area (Å²) >= 11 is 0. The van der Waals surface area contributed by atoms with Crippen LogP contribution in [0.15, 0.2) is 5.28 Å². The highest BCUT2D eigenvalue weighted by Gasteiger charge is 2.58. The first-order valence-corrected chi connectivity index (χ1v) is 9.06. The second-order valence-corrected chi connectivity index (χ2v) is 6.97. The molecule has 0 bridgehead atoms. The van der Waals surface area contributed by atoms with Crippen molar-refractivity contribution in [1.29, 1.82) is 0 Å². The van der Waals surface area contributed by atoms with E-state index in [9.17, 15) is 35.2 Å². The Labute approximate surface area is 165 Å². The second-order valence-electron chi connectivity index (χ2n) is 6.97. The summed E-state index contributed by atoms with van der Waals surface area (Å²) in [6, 6.07) is -1.33. The van der Waals surface area contributed by atoms with Crippen LogP contribution >= 0.6 is 0 Å². The number of carbonyl (C=O) groups is 2. The minimum Gasteiger partial charge on any atom is -0.569 e. The number of ether oxygens (including phenoxy) is 1. The molecule has 6 atom stereocenters.